The Kier molecular flexibility index (Phi) is 10.4. The van der Waals surface area contributed by atoms with E-state index < -0.39 is 0 Å². The van der Waals surface area contributed by atoms with Gasteiger partial charge in [0.2, 0.25) is 0 Å². The molecule has 0 radical (unpaired) electrons. The summed E-state index contributed by atoms with van der Waals surface area (Å²) in [6.45, 7) is 7.28. The Labute approximate surface area is 194 Å². The van der Waals surface area contributed by atoms with Crippen LogP contribution in [0.5, 0.6) is 5.75 Å². The van der Waals surface area contributed by atoms with Crippen LogP contribution in [0, 0.1) is 13.8 Å². The smallest absolute Gasteiger partial charge is 0.191 e. The highest BCUT2D eigenvalue weighted by molar-refractivity contribution is 14.0. The lowest BCUT2D eigenvalue weighted by Crippen LogP contribution is -2.44. The van der Waals surface area contributed by atoms with Crippen molar-refractivity contribution in [2.75, 3.05) is 20.2 Å². The van der Waals surface area contributed by atoms with Gasteiger partial charge in [-0.25, -0.2) is 0 Å². The van der Waals surface area contributed by atoms with Gasteiger partial charge >= 0.3 is 0 Å². The van der Waals surface area contributed by atoms with E-state index in [0.29, 0.717) is 28.9 Å². The monoisotopic (exact) mass is 539 g/mol. The Morgan fingerprint density at radius 1 is 1.32 bits per heavy atom. The summed E-state index contributed by atoms with van der Waals surface area (Å²) in [7, 11) is 3.72. The van der Waals surface area contributed by atoms with Gasteiger partial charge in [0.15, 0.2) is 5.96 Å². The van der Waals surface area contributed by atoms with Crippen molar-refractivity contribution in [2.45, 2.75) is 33.2 Å². The molecule has 1 aromatic heterocycles. The third kappa shape index (κ3) is 6.70. The van der Waals surface area contributed by atoms with Crippen molar-refractivity contribution in [3.63, 3.8) is 0 Å². The molecular formula is C19H28Cl2IN5O. The van der Waals surface area contributed by atoms with Gasteiger partial charge in [0.05, 0.1) is 17.3 Å². The Morgan fingerprint density at radius 2 is 2.04 bits per heavy atom. The van der Waals surface area contributed by atoms with Gasteiger partial charge in [-0.2, -0.15) is 5.10 Å². The molecule has 2 N–H and O–H groups in total. The van der Waals surface area contributed by atoms with Crippen molar-refractivity contribution in [1.29, 1.82) is 0 Å². The van der Waals surface area contributed by atoms with Crippen molar-refractivity contribution in [3.05, 3.63) is 45.2 Å². The molecule has 2 aromatic rings. The van der Waals surface area contributed by atoms with Gasteiger partial charge in [-0.1, -0.05) is 29.3 Å². The number of halogens is 3. The fourth-order valence-corrected chi connectivity index (χ4v) is 3.17. The molecule has 9 heteroatoms. The summed E-state index contributed by atoms with van der Waals surface area (Å²) in [5.74, 6) is 1.30. The summed E-state index contributed by atoms with van der Waals surface area (Å²) in [4.78, 5) is 4.27. The Balaban J connectivity index is 0.00000392. The number of nitrogens with one attached hydrogen (secondary N) is 2. The zero-order valence-electron chi connectivity index (χ0n) is 16.8. The maximum atomic E-state index is 6.11. The summed E-state index contributed by atoms with van der Waals surface area (Å²) in [6.07, 6.45) is 0.876. The number of aryl methyl sites for hydroxylation is 2. The van der Waals surface area contributed by atoms with E-state index in [4.69, 9.17) is 27.9 Å². The molecular weight excluding hydrogens is 512 g/mol. The molecule has 0 saturated carbocycles. The molecule has 0 bridgehead atoms. The molecule has 1 aromatic carbocycles. The zero-order valence-corrected chi connectivity index (χ0v) is 20.7. The lowest BCUT2D eigenvalue weighted by atomic mass is 10.1. The second-order valence-corrected chi connectivity index (χ2v) is 7.21. The van der Waals surface area contributed by atoms with Gasteiger partial charge in [-0.15, -0.1) is 24.0 Å². The molecule has 2 rings (SSSR count). The second kappa shape index (κ2) is 11.7. The minimum absolute atomic E-state index is 0. The van der Waals surface area contributed by atoms with E-state index in [1.165, 1.54) is 11.3 Å². The second-order valence-electron chi connectivity index (χ2n) is 6.42. The van der Waals surface area contributed by atoms with Gasteiger partial charge in [-0.3, -0.25) is 9.67 Å². The first-order chi connectivity index (χ1) is 12.8. The van der Waals surface area contributed by atoms with E-state index in [-0.39, 0.29) is 30.0 Å². The fraction of sp³-hybridized carbons (Fsp3) is 0.474. The van der Waals surface area contributed by atoms with Crippen LogP contribution in [0.1, 0.15) is 23.9 Å². The summed E-state index contributed by atoms with van der Waals surface area (Å²) in [5.41, 5.74) is 3.53. The van der Waals surface area contributed by atoms with Crippen LogP contribution in [-0.2, 0) is 13.5 Å². The molecule has 0 saturated heterocycles. The van der Waals surface area contributed by atoms with Gasteiger partial charge in [0.25, 0.3) is 0 Å². The van der Waals surface area contributed by atoms with E-state index >= 15 is 0 Å². The van der Waals surface area contributed by atoms with Crippen LogP contribution in [0.3, 0.4) is 0 Å². The highest BCUT2D eigenvalue weighted by Gasteiger charge is 2.14. The number of guanidine groups is 1. The predicted molar refractivity (Wildman–Crippen MR) is 128 cm³/mol. The molecule has 1 heterocycles. The van der Waals surface area contributed by atoms with Crippen molar-refractivity contribution >= 4 is 53.1 Å². The highest BCUT2D eigenvalue weighted by Crippen LogP contribution is 2.31. The van der Waals surface area contributed by atoms with Crippen LogP contribution in [0.2, 0.25) is 10.0 Å². The number of aliphatic imine (C=N–C) groups is 1. The lowest BCUT2D eigenvalue weighted by Gasteiger charge is -2.18. The number of nitrogens with zero attached hydrogens (tertiary/aromatic N) is 3. The van der Waals surface area contributed by atoms with Gasteiger partial charge < -0.3 is 15.4 Å². The molecule has 1 atom stereocenters. The molecule has 0 aliphatic heterocycles. The minimum atomic E-state index is 0. The van der Waals surface area contributed by atoms with Crippen molar-refractivity contribution < 1.29 is 4.74 Å². The topological polar surface area (TPSA) is 63.5 Å². The standard InChI is InChI=1S/C19H27Cl2N5O.HI/c1-12(11-15-13(2)25-26(5)14(15)3)24-19(22-4)23-9-10-27-17-8-6-7-16(20)18(17)21;/h6-8,12H,9-11H2,1-5H3,(H2,22,23,24);1H. The largest absolute Gasteiger partial charge is 0.490 e. The van der Waals surface area contributed by atoms with Crippen LogP contribution < -0.4 is 15.4 Å². The average Bonchev–Trinajstić information content (AvgIpc) is 2.87. The van der Waals surface area contributed by atoms with Crippen LogP contribution in [0.25, 0.3) is 0 Å². The van der Waals surface area contributed by atoms with Gasteiger partial charge in [0.1, 0.15) is 17.4 Å². The Morgan fingerprint density at radius 3 is 2.64 bits per heavy atom. The average molecular weight is 540 g/mol. The Bertz CT molecular complexity index is 810. The predicted octanol–water partition coefficient (Wildman–Crippen LogP) is 4.14. The van der Waals surface area contributed by atoms with Gasteiger partial charge in [-0.05, 0) is 44.9 Å². The number of benzene rings is 1. The molecule has 156 valence electrons. The number of ether oxygens (including phenoxy) is 1. The Hall–Kier alpha value is -1.19. The van der Waals surface area contributed by atoms with E-state index in [1.54, 1.807) is 19.2 Å². The third-order valence-corrected chi connectivity index (χ3v) is 5.15. The quantitative estimate of drug-likeness (QED) is 0.240. The molecule has 1 unspecified atom stereocenters. The first kappa shape index (κ1) is 24.8. The van der Waals surface area contributed by atoms with E-state index in [9.17, 15) is 0 Å². The molecule has 28 heavy (non-hydrogen) atoms. The highest BCUT2D eigenvalue weighted by atomic mass is 127. The maximum Gasteiger partial charge on any atom is 0.191 e. The van der Waals surface area contributed by atoms with Crippen LogP contribution in [0.4, 0.5) is 0 Å². The van der Waals surface area contributed by atoms with Crippen LogP contribution in [0.15, 0.2) is 23.2 Å². The van der Waals surface area contributed by atoms with Crippen LogP contribution >= 0.6 is 47.2 Å². The summed E-state index contributed by atoms with van der Waals surface area (Å²) >= 11 is 12.1. The molecule has 6 nitrogen and oxygen atoms in total. The lowest BCUT2D eigenvalue weighted by molar-refractivity contribution is 0.322. The summed E-state index contributed by atoms with van der Waals surface area (Å²) < 4.78 is 7.59. The van der Waals surface area contributed by atoms with Gasteiger partial charge in [0, 0.05) is 25.8 Å². The van der Waals surface area contributed by atoms with Crippen molar-refractivity contribution in [1.82, 2.24) is 20.4 Å². The normalized spacial score (nSPS) is 12.3. The maximum absolute atomic E-state index is 6.11. The molecule has 0 aliphatic carbocycles. The number of hydrogen-bond acceptors (Lipinski definition) is 3. The number of rotatable bonds is 7. The minimum Gasteiger partial charge on any atom is -0.490 e. The third-order valence-electron chi connectivity index (χ3n) is 4.34. The molecule has 0 fully saturated rings. The van der Waals surface area contributed by atoms with Crippen LogP contribution in [-0.4, -0.2) is 42.0 Å². The van der Waals surface area contributed by atoms with Crippen molar-refractivity contribution in [3.8, 4) is 5.75 Å². The fourth-order valence-electron chi connectivity index (χ4n) is 2.82. The molecule has 0 aliphatic rings. The zero-order chi connectivity index (χ0) is 20.0. The SMILES string of the molecule is CN=C(NCCOc1cccc(Cl)c1Cl)NC(C)Cc1c(C)nn(C)c1C.I. The molecule has 0 amide bonds. The number of aromatic nitrogens is 2. The van der Waals surface area contributed by atoms with E-state index in [1.807, 2.05) is 24.7 Å². The van der Waals surface area contributed by atoms with E-state index in [2.05, 4.69) is 34.6 Å². The first-order valence-electron chi connectivity index (χ1n) is 8.86. The van der Waals surface area contributed by atoms with Crippen molar-refractivity contribution in [2.24, 2.45) is 12.0 Å². The first-order valence-corrected chi connectivity index (χ1v) is 9.62. The number of hydrogen-bond donors (Lipinski definition) is 2. The molecule has 0 spiro atoms. The summed E-state index contributed by atoms with van der Waals surface area (Å²) in [6, 6.07) is 5.54. The summed E-state index contributed by atoms with van der Waals surface area (Å²) in [5, 5.41) is 12.0. The van der Waals surface area contributed by atoms with E-state index in [0.717, 1.165) is 18.1 Å².